The lowest BCUT2D eigenvalue weighted by Gasteiger charge is -2.12. The average Bonchev–Trinajstić information content (AvgIpc) is 3.30. The van der Waals surface area contributed by atoms with Crippen LogP contribution in [0.5, 0.6) is 5.75 Å². The summed E-state index contributed by atoms with van der Waals surface area (Å²) in [5, 5.41) is 6.43. The molecule has 0 aliphatic rings. The Labute approximate surface area is 195 Å². The second-order valence-electron chi connectivity index (χ2n) is 6.99. The molecule has 0 spiro atoms. The third-order valence-corrected chi connectivity index (χ3v) is 5.57. The zero-order chi connectivity index (χ0) is 23.2. The van der Waals surface area contributed by atoms with Gasteiger partial charge in [-0.15, -0.1) is 0 Å². The Hall–Kier alpha value is -4.04. The van der Waals surface area contributed by atoms with Crippen LogP contribution in [0, 0.1) is 0 Å². The van der Waals surface area contributed by atoms with Gasteiger partial charge in [-0.1, -0.05) is 42.1 Å². The molecule has 2 N–H and O–H groups in total. The summed E-state index contributed by atoms with van der Waals surface area (Å²) in [4.78, 5) is 30.0. The largest absolute Gasteiger partial charge is 0.495 e. The van der Waals surface area contributed by atoms with E-state index in [-0.39, 0.29) is 11.8 Å². The molecule has 0 atom stereocenters. The van der Waals surface area contributed by atoms with Crippen LogP contribution in [-0.4, -0.2) is 34.7 Å². The number of nitrogens with zero attached hydrogens (tertiary/aromatic N) is 2. The van der Waals surface area contributed by atoms with E-state index in [9.17, 15) is 9.59 Å². The van der Waals surface area contributed by atoms with Crippen molar-refractivity contribution in [2.75, 3.05) is 24.0 Å². The van der Waals surface area contributed by atoms with E-state index in [0.717, 1.165) is 10.8 Å². The van der Waals surface area contributed by atoms with Gasteiger partial charge in [0.05, 0.1) is 19.0 Å². The summed E-state index contributed by atoms with van der Waals surface area (Å²) in [5.74, 6) is 0.0105. The van der Waals surface area contributed by atoms with Gasteiger partial charge < -0.3 is 15.4 Å². The highest BCUT2D eigenvalue weighted by molar-refractivity contribution is 7.98. The second-order valence-corrected chi connectivity index (χ2v) is 7.76. The van der Waals surface area contributed by atoms with E-state index in [1.807, 2.05) is 53.3 Å². The van der Waals surface area contributed by atoms with Gasteiger partial charge >= 0.3 is 0 Å². The molecule has 4 aromatic rings. The number of hydrogen-bond acceptors (Lipinski definition) is 5. The molecule has 0 saturated heterocycles. The van der Waals surface area contributed by atoms with Crippen molar-refractivity contribution in [3.63, 3.8) is 0 Å². The van der Waals surface area contributed by atoms with Gasteiger partial charge in [-0.3, -0.25) is 14.2 Å². The molecule has 0 aliphatic heterocycles. The van der Waals surface area contributed by atoms with Crippen molar-refractivity contribution < 1.29 is 14.3 Å². The van der Waals surface area contributed by atoms with E-state index in [2.05, 4.69) is 15.6 Å². The minimum absolute atomic E-state index is 0.274. The van der Waals surface area contributed by atoms with Gasteiger partial charge in [0.15, 0.2) is 5.16 Å². The normalized spacial score (nSPS) is 10.5. The number of amides is 2. The van der Waals surface area contributed by atoms with Crippen LogP contribution in [0.15, 0.2) is 90.2 Å². The fourth-order valence-electron chi connectivity index (χ4n) is 3.31. The topological polar surface area (TPSA) is 85.2 Å². The molecule has 2 amide bonds. The lowest BCUT2D eigenvalue weighted by Crippen LogP contribution is -2.17. The van der Waals surface area contributed by atoms with Gasteiger partial charge in [-0.25, -0.2) is 4.98 Å². The maximum Gasteiger partial charge on any atom is 0.274 e. The Morgan fingerprint density at radius 3 is 2.27 bits per heavy atom. The number of ether oxygens (including phenoxy) is 1. The molecule has 166 valence electrons. The maximum atomic E-state index is 13.0. The van der Waals surface area contributed by atoms with Gasteiger partial charge in [0.1, 0.15) is 11.4 Å². The third kappa shape index (κ3) is 4.91. The number of thioether (sulfide) groups is 1. The molecule has 0 saturated carbocycles. The number of carbonyl (C=O) groups is 2. The van der Waals surface area contributed by atoms with Crippen LogP contribution in [0.25, 0.3) is 5.69 Å². The average molecular weight is 459 g/mol. The van der Waals surface area contributed by atoms with Gasteiger partial charge in [0.2, 0.25) is 0 Å². The Bertz CT molecular complexity index is 1270. The first-order chi connectivity index (χ1) is 16.1. The van der Waals surface area contributed by atoms with E-state index >= 15 is 0 Å². The van der Waals surface area contributed by atoms with Crippen molar-refractivity contribution >= 4 is 35.0 Å². The molecule has 1 heterocycles. The highest BCUT2D eigenvalue weighted by atomic mass is 32.2. The molecule has 0 unspecified atom stereocenters. The highest BCUT2D eigenvalue weighted by Crippen LogP contribution is 2.25. The standard InChI is InChI=1S/C25H22N4O3S/c1-32-22-11-7-6-10-20(22)28-23(30)17-12-14-18(15-13-17)27-24(31)21-16-26-25(33-2)29(21)19-8-4-3-5-9-19/h3-16H,1-2H3,(H,27,31)(H,28,30). The molecule has 1 aromatic heterocycles. The number of para-hydroxylation sites is 3. The molecule has 3 aromatic carbocycles. The number of nitrogens with one attached hydrogen (secondary N) is 2. The van der Waals surface area contributed by atoms with Crippen LogP contribution < -0.4 is 15.4 Å². The van der Waals surface area contributed by atoms with Crippen LogP contribution in [0.2, 0.25) is 0 Å². The minimum Gasteiger partial charge on any atom is -0.495 e. The number of anilines is 2. The first-order valence-electron chi connectivity index (χ1n) is 10.1. The molecule has 8 heteroatoms. The summed E-state index contributed by atoms with van der Waals surface area (Å²) in [5.41, 5.74) is 2.89. The molecule has 7 nitrogen and oxygen atoms in total. The van der Waals surface area contributed by atoms with Crippen molar-refractivity contribution in [3.8, 4) is 11.4 Å². The zero-order valence-corrected chi connectivity index (χ0v) is 18.9. The highest BCUT2D eigenvalue weighted by Gasteiger charge is 2.18. The van der Waals surface area contributed by atoms with Crippen LogP contribution >= 0.6 is 11.8 Å². The van der Waals surface area contributed by atoms with E-state index in [1.54, 1.807) is 49.7 Å². The number of aromatic nitrogens is 2. The molecular weight excluding hydrogens is 436 g/mol. The van der Waals surface area contributed by atoms with Gasteiger partial charge in [0.25, 0.3) is 11.8 Å². The van der Waals surface area contributed by atoms with Crippen molar-refractivity contribution in [2.24, 2.45) is 0 Å². The van der Waals surface area contributed by atoms with Gasteiger partial charge in [0, 0.05) is 16.9 Å². The van der Waals surface area contributed by atoms with Crippen LogP contribution in [-0.2, 0) is 0 Å². The van der Waals surface area contributed by atoms with Crippen molar-refractivity contribution in [2.45, 2.75) is 5.16 Å². The number of carbonyl (C=O) groups excluding carboxylic acids is 2. The summed E-state index contributed by atoms with van der Waals surface area (Å²) in [6.45, 7) is 0. The summed E-state index contributed by atoms with van der Waals surface area (Å²) >= 11 is 1.46. The first kappa shape index (κ1) is 22.2. The van der Waals surface area contributed by atoms with Gasteiger partial charge in [-0.2, -0.15) is 0 Å². The van der Waals surface area contributed by atoms with Crippen molar-refractivity contribution in [1.82, 2.24) is 9.55 Å². The Morgan fingerprint density at radius 1 is 0.879 bits per heavy atom. The molecule has 0 radical (unpaired) electrons. The lowest BCUT2D eigenvalue weighted by atomic mass is 10.2. The number of rotatable bonds is 7. The number of benzene rings is 3. The SMILES string of the molecule is COc1ccccc1NC(=O)c1ccc(NC(=O)c2cnc(SC)n2-c2ccccc2)cc1. The molecule has 0 aliphatic carbocycles. The summed E-state index contributed by atoms with van der Waals surface area (Å²) < 4.78 is 7.08. The summed E-state index contributed by atoms with van der Waals surface area (Å²) in [6, 6.07) is 23.5. The number of hydrogen-bond donors (Lipinski definition) is 2. The number of imidazole rings is 1. The predicted molar refractivity (Wildman–Crippen MR) is 131 cm³/mol. The fourth-order valence-corrected chi connectivity index (χ4v) is 3.85. The minimum atomic E-state index is -0.294. The van der Waals surface area contributed by atoms with Crippen LogP contribution in [0.1, 0.15) is 20.8 Å². The zero-order valence-electron chi connectivity index (χ0n) is 18.1. The fraction of sp³-hybridized carbons (Fsp3) is 0.0800. The smallest absolute Gasteiger partial charge is 0.274 e. The molecule has 33 heavy (non-hydrogen) atoms. The Balaban J connectivity index is 1.49. The van der Waals surface area contributed by atoms with E-state index in [1.165, 1.54) is 11.8 Å². The Morgan fingerprint density at radius 2 is 1.58 bits per heavy atom. The molecule has 0 fully saturated rings. The van der Waals surface area contributed by atoms with Crippen LogP contribution in [0.3, 0.4) is 0 Å². The van der Waals surface area contributed by atoms with Crippen molar-refractivity contribution in [3.05, 3.63) is 96.3 Å². The van der Waals surface area contributed by atoms with Crippen molar-refractivity contribution in [1.29, 1.82) is 0 Å². The van der Waals surface area contributed by atoms with E-state index in [0.29, 0.717) is 28.4 Å². The molecular formula is C25H22N4O3S. The first-order valence-corrected chi connectivity index (χ1v) is 11.4. The third-order valence-electron chi connectivity index (χ3n) is 4.92. The van der Waals surface area contributed by atoms with Crippen LogP contribution in [0.4, 0.5) is 11.4 Å². The van der Waals surface area contributed by atoms with Gasteiger partial charge in [-0.05, 0) is 54.8 Å². The van der Waals surface area contributed by atoms with E-state index < -0.39 is 0 Å². The predicted octanol–water partition coefficient (Wildman–Crippen LogP) is 5.11. The summed E-state index contributed by atoms with van der Waals surface area (Å²) in [7, 11) is 1.55. The lowest BCUT2D eigenvalue weighted by molar-refractivity contribution is 0.101. The molecule has 4 rings (SSSR count). The Kier molecular flexibility index (Phi) is 6.75. The van der Waals surface area contributed by atoms with E-state index in [4.69, 9.17) is 4.74 Å². The quantitative estimate of drug-likeness (QED) is 0.376. The summed E-state index contributed by atoms with van der Waals surface area (Å²) in [6.07, 6.45) is 3.47. The monoisotopic (exact) mass is 458 g/mol. The molecule has 0 bridgehead atoms. The second kappa shape index (κ2) is 10.1. The maximum absolute atomic E-state index is 13.0. The number of methoxy groups -OCH3 is 1.